The van der Waals surface area contributed by atoms with Gasteiger partial charge in [-0.1, -0.05) is 24.3 Å². The Kier molecular flexibility index (Phi) is 5.75. The predicted molar refractivity (Wildman–Crippen MR) is 117 cm³/mol. The lowest BCUT2D eigenvalue weighted by atomic mass is 10.1. The molecule has 0 bridgehead atoms. The minimum Gasteiger partial charge on any atom is -0.383 e. The van der Waals surface area contributed by atoms with Gasteiger partial charge >= 0.3 is 0 Å². The van der Waals surface area contributed by atoms with Crippen molar-refractivity contribution < 1.29 is 17.5 Å². The summed E-state index contributed by atoms with van der Waals surface area (Å²) >= 11 is 0. The summed E-state index contributed by atoms with van der Waals surface area (Å²) in [6.45, 7) is 2.91. The van der Waals surface area contributed by atoms with Gasteiger partial charge in [-0.3, -0.25) is 4.68 Å². The number of hydrogen-bond donors (Lipinski definition) is 0. The van der Waals surface area contributed by atoms with Gasteiger partial charge in [0.25, 0.3) is 10.0 Å². The van der Waals surface area contributed by atoms with E-state index in [1.807, 2.05) is 12.3 Å². The van der Waals surface area contributed by atoms with Crippen LogP contribution >= 0.6 is 0 Å². The summed E-state index contributed by atoms with van der Waals surface area (Å²) in [5.74, 6) is -0.478. The second kappa shape index (κ2) is 8.49. The molecule has 0 radical (unpaired) electrons. The molecule has 2 heterocycles. The standard InChI is InChI=1S/C23H22FN3O3S/c1-17-12-23(21-8-3-4-9-22(21)24)27(15-17)31(28,29)20-7-5-6-18(13-20)19-14-25-26(16-19)10-11-30-2/h3-9,12-16H,10-11H2,1-2H3. The fraction of sp³-hybridized carbons (Fsp3) is 0.174. The van der Waals surface area contributed by atoms with Crippen LogP contribution in [0.15, 0.2) is 78.1 Å². The summed E-state index contributed by atoms with van der Waals surface area (Å²) in [7, 11) is -2.33. The minimum absolute atomic E-state index is 0.114. The highest BCUT2D eigenvalue weighted by molar-refractivity contribution is 7.90. The van der Waals surface area contributed by atoms with Crippen LogP contribution in [-0.2, 0) is 21.3 Å². The molecule has 2 aromatic heterocycles. The van der Waals surface area contributed by atoms with E-state index in [1.165, 1.54) is 18.3 Å². The maximum atomic E-state index is 14.4. The fourth-order valence-corrected chi connectivity index (χ4v) is 4.87. The van der Waals surface area contributed by atoms with Crippen molar-refractivity contribution >= 4 is 10.0 Å². The van der Waals surface area contributed by atoms with Gasteiger partial charge in [0.1, 0.15) is 5.82 Å². The highest BCUT2D eigenvalue weighted by Crippen LogP contribution is 2.30. The van der Waals surface area contributed by atoms with Gasteiger partial charge in [0.2, 0.25) is 0 Å². The number of benzene rings is 2. The fourth-order valence-electron chi connectivity index (χ4n) is 3.40. The third kappa shape index (κ3) is 4.17. The van der Waals surface area contributed by atoms with Crippen LogP contribution < -0.4 is 0 Å². The second-order valence-electron chi connectivity index (χ2n) is 7.20. The summed E-state index contributed by atoms with van der Waals surface area (Å²) in [6, 6.07) is 14.5. The summed E-state index contributed by atoms with van der Waals surface area (Å²) in [5.41, 5.74) is 2.76. The Hall–Kier alpha value is -3.23. The molecule has 6 nitrogen and oxygen atoms in total. The Balaban J connectivity index is 1.75. The van der Waals surface area contributed by atoms with Gasteiger partial charge in [-0.2, -0.15) is 5.10 Å². The number of halogens is 1. The molecule has 0 aliphatic carbocycles. The Morgan fingerprint density at radius 3 is 2.61 bits per heavy atom. The molecule has 0 N–H and O–H groups in total. The highest BCUT2D eigenvalue weighted by Gasteiger charge is 2.23. The number of ether oxygens (including phenoxy) is 1. The largest absolute Gasteiger partial charge is 0.383 e. The Labute approximate surface area is 180 Å². The van der Waals surface area contributed by atoms with Crippen LogP contribution in [0.5, 0.6) is 0 Å². The smallest absolute Gasteiger partial charge is 0.268 e. The molecule has 0 fully saturated rings. The molecule has 0 aliphatic rings. The van der Waals surface area contributed by atoms with Gasteiger partial charge < -0.3 is 4.74 Å². The first-order chi connectivity index (χ1) is 14.9. The van der Waals surface area contributed by atoms with E-state index >= 15 is 0 Å². The Bertz CT molecular complexity index is 1330. The molecule has 0 spiro atoms. The van der Waals surface area contributed by atoms with Crippen molar-refractivity contribution in [3.8, 4) is 22.4 Å². The van der Waals surface area contributed by atoms with E-state index in [0.717, 1.165) is 20.7 Å². The highest BCUT2D eigenvalue weighted by atomic mass is 32.2. The molecule has 4 aromatic rings. The molecule has 0 saturated heterocycles. The van der Waals surface area contributed by atoms with Crippen LogP contribution in [0.4, 0.5) is 4.39 Å². The van der Waals surface area contributed by atoms with Gasteiger partial charge in [0.05, 0.1) is 29.9 Å². The first kappa shape index (κ1) is 21.0. The van der Waals surface area contributed by atoms with E-state index < -0.39 is 15.8 Å². The van der Waals surface area contributed by atoms with Crippen molar-refractivity contribution in [3.05, 3.63) is 84.6 Å². The van der Waals surface area contributed by atoms with Crippen molar-refractivity contribution in [2.24, 2.45) is 0 Å². The zero-order valence-electron chi connectivity index (χ0n) is 17.2. The first-order valence-corrected chi connectivity index (χ1v) is 11.2. The quantitative estimate of drug-likeness (QED) is 0.429. The van der Waals surface area contributed by atoms with E-state index in [1.54, 1.807) is 61.3 Å². The summed E-state index contributed by atoms with van der Waals surface area (Å²) in [4.78, 5) is 0.114. The van der Waals surface area contributed by atoms with Crippen LogP contribution in [-0.4, -0.2) is 35.9 Å². The molecular formula is C23H22FN3O3S. The summed E-state index contributed by atoms with van der Waals surface area (Å²) in [5, 5.41) is 4.29. The third-order valence-electron chi connectivity index (χ3n) is 4.95. The van der Waals surface area contributed by atoms with Gasteiger partial charge in [-0.25, -0.2) is 16.8 Å². The average Bonchev–Trinajstić information content (AvgIpc) is 3.40. The summed E-state index contributed by atoms with van der Waals surface area (Å²) < 4.78 is 49.3. The maximum Gasteiger partial charge on any atom is 0.268 e. The number of aryl methyl sites for hydroxylation is 1. The monoisotopic (exact) mass is 439 g/mol. The zero-order chi connectivity index (χ0) is 22.0. The number of aromatic nitrogens is 3. The number of methoxy groups -OCH3 is 1. The van der Waals surface area contributed by atoms with Crippen molar-refractivity contribution in [1.29, 1.82) is 0 Å². The van der Waals surface area contributed by atoms with E-state index in [0.29, 0.717) is 13.2 Å². The lowest BCUT2D eigenvalue weighted by Gasteiger charge is -2.12. The molecule has 0 saturated carbocycles. The molecule has 160 valence electrons. The summed E-state index contributed by atoms with van der Waals surface area (Å²) in [6.07, 6.45) is 5.04. The van der Waals surface area contributed by atoms with Crippen LogP contribution in [0.2, 0.25) is 0 Å². The molecule has 0 amide bonds. The molecular weight excluding hydrogens is 417 g/mol. The predicted octanol–water partition coefficient (Wildman–Crippen LogP) is 4.35. The lowest BCUT2D eigenvalue weighted by Crippen LogP contribution is -2.13. The molecule has 4 rings (SSSR count). The van der Waals surface area contributed by atoms with Crippen molar-refractivity contribution in [3.63, 3.8) is 0 Å². The van der Waals surface area contributed by atoms with Crippen molar-refractivity contribution in [1.82, 2.24) is 13.8 Å². The van der Waals surface area contributed by atoms with E-state index in [-0.39, 0.29) is 16.2 Å². The molecule has 0 atom stereocenters. The van der Waals surface area contributed by atoms with Gasteiger partial charge in [0, 0.05) is 30.6 Å². The van der Waals surface area contributed by atoms with Crippen LogP contribution in [0.25, 0.3) is 22.4 Å². The molecule has 31 heavy (non-hydrogen) atoms. The van der Waals surface area contributed by atoms with Gasteiger partial charge in [-0.05, 0) is 48.4 Å². The number of hydrogen-bond acceptors (Lipinski definition) is 4. The number of nitrogens with zero attached hydrogens (tertiary/aromatic N) is 3. The molecule has 0 aliphatic heterocycles. The molecule has 0 unspecified atom stereocenters. The van der Waals surface area contributed by atoms with E-state index in [4.69, 9.17) is 4.74 Å². The van der Waals surface area contributed by atoms with Crippen molar-refractivity contribution in [2.75, 3.05) is 13.7 Å². The van der Waals surface area contributed by atoms with Crippen LogP contribution in [0.1, 0.15) is 5.56 Å². The van der Waals surface area contributed by atoms with Crippen LogP contribution in [0, 0.1) is 12.7 Å². The molecule has 8 heteroatoms. The lowest BCUT2D eigenvalue weighted by molar-refractivity contribution is 0.183. The Morgan fingerprint density at radius 2 is 1.84 bits per heavy atom. The topological polar surface area (TPSA) is 66.1 Å². The number of rotatable bonds is 7. The van der Waals surface area contributed by atoms with E-state index in [2.05, 4.69) is 5.10 Å². The maximum absolute atomic E-state index is 14.4. The first-order valence-electron chi connectivity index (χ1n) is 9.71. The zero-order valence-corrected chi connectivity index (χ0v) is 18.0. The van der Waals surface area contributed by atoms with Crippen LogP contribution in [0.3, 0.4) is 0 Å². The minimum atomic E-state index is -3.95. The average molecular weight is 440 g/mol. The van der Waals surface area contributed by atoms with Gasteiger partial charge in [-0.15, -0.1) is 0 Å². The normalized spacial score (nSPS) is 11.7. The van der Waals surface area contributed by atoms with Gasteiger partial charge in [0.15, 0.2) is 0 Å². The Morgan fingerprint density at radius 1 is 1.03 bits per heavy atom. The third-order valence-corrected chi connectivity index (χ3v) is 6.62. The van der Waals surface area contributed by atoms with E-state index in [9.17, 15) is 12.8 Å². The second-order valence-corrected chi connectivity index (χ2v) is 9.01. The van der Waals surface area contributed by atoms with Crippen molar-refractivity contribution in [2.45, 2.75) is 18.4 Å². The SMILES string of the molecule is COCCn1cc(-c2cccc(S(=O)(=O)n3cc(C)cc3-c3ccccc3F)c2)cn1. The molecule has 2 aromatic carbocycles.